The van der Waals surface area contributed by atoms with Crippen LogP contribution in [0, 0.1) is 13.8 Å². The first-order valence-corrected chi connectivity index (χ1v) is 25.6. The molecule has 6 nitrogen and oxygen atoms in total. The van der Waals surface area contributed by atoms with Gasteiger partial charge in [0.25, 0.3) is 0 Å². The predicted molar refractivity (Wildman–Crippen MR) is 244 cm³/mol. The summed E-state index contributed by atoms with van der Waals surface area (Å²) >= 11 is 3.50. The number of unbranched alkanes of at least 4 members (excludes halogenated alkanes) is 24. The number of aromatic nitrogens is 2. The summed E-state index contributed by atoms with van der Waals surface area (Å²) < 4.78 is 16.0. The van der Waals surface area contributed by atoms with Crippen LogP contribution in [0.2, 0.25) is 0 Å². The lowest BCUT2D eigenvalue weighted by Crippen LogP contribution is -2.34. The molecule has 326 valence electrons. The third-order valence-corrected chi connectivity index (χ3v) is 14.1. The van der Waals surface area contributed by atoms with E-state index in [4.69, 9.17) is 9.47 Å². The van der Waals surface area contributed by atoms with E-state index < -0.39 is 0 Å². The van der Waals surface area contributed by atoms with Crippen molar-refractivity contribution >= 4 is 34.6 Å². The van der Waals surface area contributed by atoms with Gasteiger partial charge >= 0.3 is 11.9 Å². The molecule has 2 aromatic heterocycles. The molecule has 1 aromatic carbocycles. The number of esters is 2. The summed E-state index contributed by atoms with van der Waals surface area (Å²) in [7, 11) is 0. The molecule has 2 heterocycles. The van der Waals surface area contributed by atoms with Crippen LogP contribution in [0.25, 0.3) is 0 Å². The first-order chi connectivity index (χ1) is 28.4. The molecule has 0 aliphatic carbocycles. The Bertz CT molecular complexity index is 1390. The van der Waals surface area contributed by atoms with Gasteiger partial charge in [-0.2, -0.15) is 9.13 Å². The minimum Gasteiger partial charge on any atom is -0.462 e. The van der Waals surface area contributed by atoms with Gasteiger partial charge in [-0.1, -0.05) is 178 Å². The van der Waals surface area contributed by atoms with Crippen molar-refractivity contribution in [1.82, 2.24) is 0 Å². The van der Waals surface area contributed by atoms with Crippen LogP contribution < -0.4 is 9.13 Å². The van der Waals surface area contributed by atoms with Gasteiger partial charge in [0, 0.05) is 39.5 Å². The Hall–Kier alpha value is -2.58. The number of nitrogens with zero attached hydrogens (tertiary/aromatic N) is 2. The van der Waals surface area contributed by atoms with E-state index in [1.165, 1.54) is 188 Å². The van der Waals surface area contributed by atoms with Gasteiger partial charge < -0.3 is 9.47 Å². The van der Waals surface area contributed by atoms with Crippen molar-refractivity contribution in [2.24, 2.45) is 0 Å². The highest BCUT2D eigenvalue weighted by atomic mass is 32.1. The van der Waals surface area contributed by atoms with Crippen molar-refractivity contribution in [2.75, 3.05) is 13.2 Å². The first kappa shape index (κ1) is 49.8. The maximum Gasteiger partial charge on any atom is 0.338 e. The molecule has 0 aliphatic rings. The van der Waals surface area contributed by atoms with Crippen LogP contribution >= 0.6 is 22.7 Å². The average molecular weight is 839 g/mol. The highest BCUT2D eigenvalue weighted by molar-refractivity contribution is 7.09. The van der Waals surface area contributed by atoms with E-state index >= 15 is 0 Å². The van der Waals surface area contributed by atoms with Crippen LogP contribution in [0.3, 0.4) is 0 Å². The second kappa shape index (κ2) is 32.2. The molecule has 0 saturated heterocycles. The topological polar surface area (TPSA) is 60.4 Å². The molecule has 3 aromatic rings. The molecule has 0 atom stereocenters. The van der Waals surface area contributed by atoms with Crippen LogP contribution in [0.1, 0.15) is 223 Å². The first-order valence-electron chi connectivity index (χ1n) is 23.8. The zero-order valence-electron chi connectivity index (χ0n) is 37.4. The zero-order valence-corrected chi connectivity index (χ0v) is 39.1. The molecule has 0 aliphatic heterocycles. The summed E-state index contributed by atoms with van der Waals surface area (Å²) in [6.07, 6.45) is 37.0. The van der Waals surface area contributed by atoms with Gasteiger partial charge in [0.15, 0.2) is 11.4 Å². The third-order valence-electron chi connectivity index (χ3n) is 11.8. The molecule has 0 N–H and O–H groups in total. The lowest BCUT2D eigenvalue weighted by molar-refractivity contribution is -0.698. The van der Waals surface area contributed by atoms with Gasteiger partial charge in [0.2, 0.25) is 11.0 Å². The molecule has 0 unspecified atom stereocenters. The Morgan fingerprint density at radius 3 is 1.02 bits per heavy atom. The Kier molecular flexibility index (Phi) is 27.7. The molecule has 0 spiro atoms. The number of benzene rings is 1. The molecule has 0 bridgehead atoms. The average Bonchev–Trinajstić information content (AvgIpc) is 3.77. The molecular formula is C50H82N2O4S2+2. The minimum atomic E-state index is -0.366. The van der Waals surface area contributed by atoms with Crippen molar-refractivity contribution in [1.29, 1.82) is 0 Å². The summed E-state index contributed by atoms with van der Waals surface area (Å²) in [6.45, 7) is 11.7. The van der Waals surface area contributed by atoms with Gasteiger partial charge in [-0.15, -0.1) is 0 Å². The van der Waals surface area contributed by atoms with E-state index in [0.717, 1.165) is 13.1 Å². The van der Waals surface area contributed by atoms with E-state index in [-0.39, 0.29) is 11.9 Å². The lowest BCUT2D eigenvalue weighted by atomic mass is 10.0. The maximum absolute atomic E-state index is 12.8. The Labute approximate surface area is 362 Å². The summed E-state index contributed by atoms with van der Waals surface area (Å²) in [5.41, 5.74) is 7.87. The van der Waals surface area contributed by atoms with E-state index in [0.29, 0.717) is 37.2 Å². The van der Waals surface area contributed by atoms with Crippen molar-refractivity contribution < 1.29 is 28.2 Å². The molecule has 58 heavy (non-hydrogen) atoms. The zero-order chi connectivity index (χ0) is 41.5. The highest BCUT2D eigenvalue weighted by Gasteiger charge is 2.18. The number of aryl methyl sites for hydroxylation is 2. The van der Waals surface area contributed by atoms with Crippen LogP contribution in [0.15, 0.2) is 35.3 Å². The third kappa shape index (κ3) is 21.1. The van der Waals surface area contributed by atoms with Crippen LogP contribution in [-0.4, -0.2) is 25.2 Å². The highest BCUT2D eigenvalue weighted by Crippen LogP contribution is 2.18. The molecule has 0 fully saturated rings. The molecule has 8 heteroatoms. The molecule has 0 saturated carbocycles. The number of ether oxygens (including phenoxy) is 2. The lowest BCUT2D eigenvalue weighted by Gasteiger charge is -2.06. The summed E-state index contributed by atoms with van der Waals surface area (Å²) in [6, 6.07) is 6.62. The van der Waals surface area contributed by atoms with Gasteiger partial charge in [-0.3, -0.25) is 0 Å². The molecule has 0 amide bonds. The van der Waals surface area contributed by atoms with Crippen molar-refractivity contribution in [3.05, 3.63) is 67.6 Å². The van der Waals surface area contributed by atoms with Gasteiger partial charge in [0.05, 0.1) is 34.1 Å². The predicted octanol–water partition coefficient (Wildman–Crippen LogP) is 14.0. The number of carbonyl (C=O) groups is 2. The summed E-state index contributed by atoms with van der Waals surface area (Å²) in [5, 5.41) is 0. The second-order valence-electron chi connectivity index (χ2n) is 16.7. The summed E-state index contributed by atoms with van der Waals surface area (Å²) in [4.78, 5) is 28.1. The number of thiazole rings is 2. The van der Waals surface area contributed by atoms with Crippen LogP contribution in [0.5, 0.6) is 0 Å². The van der Waals surface area contributed by atoms with Crippen LogP contribution in [0.4, 0.5) is 0 Å². The fourth-order valence-electron chi connectivity index (χ4n) is 7.81. The summed E-state index contributed by atoms with van der Waals surface area (Å²) in [5.74, 6) is -0.733. The monoisotopic (exact) mass is 839 g/mol. The minimum absolute atomic E-state index is 0.338. The number of hydrogen-bond donors (Lipinski definition) is 0. The molecule has 3 rings (SSSR count). The van der Waals surface area contributed by atoms with Crippen molar-refractivity contribution in [3.63, 3.8) is 0 Å². The Morgan fingerprint density at radius 2 is 0.724 bits per heavy atom. The smallest absolute Gasteiger partial charge is 0.338 e. The van der Waals surface area contributed by atoms with E-state index in [2.05, 4.69) is 47.9 Å². The van der Waals surface area contributed by atoms with Gasteiger partial charge in [-0.25, -0.2) is 9.59 Å². The van der Waals surface area contributed by atoms with Gasteiger partial charge in [-0.05, 0) is 37.1 Å². The molecular weight excluding hydrogens is 757 g/mol. The van der Waals surface area contributed by atoms with E-state index in [9.17, 15) is 9.59 Å². The number of hydrogen-bond acceptors (Lipinski definition) is 6. The van der Waals surface area contributed by atoms with E-state index in [1.54, 1.807) is 46.9 Å². The Morgan fingerprint density at radius 1 is 0.448 bits per heavy atom. The van der Waals surface area contributed by atoms with Crippen molar-refractivity contribution in [2.45, 2.75) is 221 Å². The number of carbonyl (C=O) groups excluding carboxylic acids is 2. The van der Waals surface area contributed by atoms with Crippen molar-refractivity contribution in [3.8, 4) is 0 Å². The van der Waals surface area contributed by atoms with E-state index in [1.807, 2.05) is 0 Å². The standard InChI is InChI=1S/C50H82N2O4S2/c1-5-7-9-11-13-15-17-19-21-23-25-27-29-37-51-41-57-47(43(51)3)35-39-55-49(53)45-31-33-46(34-32-45)50(54)56-40-36-48-44(4)52(42-58-48)38-30-28-26-24-22-20-18-16-14-12-10-8-6-2/h31-34,41-42H,5-30,35-40H2,1-4H3/q+2. The SMILES string of the molecule is CCCCCCCCCCCCCCC[n+]1csc(CCOC(=O)c2ccc(C(=O)OCCc3sc[n+](CCCCCCCCCCCCCCC)c3C)cc2)c1C. The van der Waals surface area contributed by atoms with Crippen LogP contribution in [-0.2, 0) is 35.4 Å². The van der Waals surface area contributed by atoms with Gasteiger partial charge in [0.1, 0.15) is 13.1 Å². The number of rotatable bonds is 36. The quantitative estimate of drug-likeness (QED) is 0.0332. The fourth-order valence-corrected chi connectivity index (χ4v) is 9.82. The fraction of sp³-hybridized carbons (Fsp3) is 0.720. The maximum atomic E-state index is 12.8. The Balaban J connectivity index is 1.22. The molecule has 0 radical (unpaired) electrons. The normalized spacial score (nSPS) is 11.4. The second-order valence-corrected chi connectivity index (χ2v) is 18.6. The largest absolute Gasteiger partial charge is 0.462 e.